The van der Waals surface area contributed by atoms with E-state index in [1.165, 1.54) is 10.4 Å². The van der Waals surface area contributed by atoms with Crippen molar-refractivity contribution in [1.29, 1.82) is 0 Å². The standard InChI is InChI=1S/C12H15NOS/c1-13(2)12(9-14)7-4-3-5-11-10(12)6-8-15-11/h3-8,14H,9H2,1-2H3. The van der Waals surface area contributed by atoms with Gasteiger partial charge in [-0.15, -0.1) is 11.3 Å². The van der Waals surface area contributed by atoms with Crippen LogP contribution in [0.25, 0.3) is 6.08 Å². The molecular formula is C12H15NOS. The molecule has 0 saturated carbocycles. The Morgan fingerprint density at radius 2 is 2.20 bits per heavy atom. The van der Waals surface area contributed by atoms with E-state index in [1.54, 1.807) is 11.3 Å². The van der Waals surface area contributed by atoms with Crippen LogP contribution >= 0.6 is 11.3 Å². The number of rotatable bonds is 2. The summed E-state index contributed by atoms with van der Waals surface area (Å²) in [6.45, 7) is 0.0991. The number of aliphatic hydroxyl groups is 1. The number of hydrogen-bond acceptors (Lipinski definition) is 3. The molecule has 0 radical (unpaired) electrons. The van der Waals surface area contributed by atoms with Gasteiger partial charge in [-0.25, -0.2) is 0 Å². The topological polar surface area (TPSA) is 23.5 Å². The second-order valence-corrected chi connectivity index (χ2v) is 4.84. The van der Waals surface area contributed by atoms with Crippen LogP contribution in [0.4, 0.5) is 0 Å². The molecule has 1 heterocycles. The molecule has 1 aliphatic rings. The van der Waals surface area contributed by atoms with Crippen molar-refractivity contribution in [3.8, 4) is 0 Å². The van der Waals surface area contributed by atoms with E-state index in [2.05, 4.69) is 28.5 Å². The highest BCUT2D eigenvalue weighted by atomic mass is 32.1. The van der Waals surface area contributed by atoms with Crippen LogP contribution in [0.1, 0.15) is 10.4 Å². The maximum absolute atomic E-state index is 9.69. The molecule has 1 atom stereocenters. The van der Waals surface area contributed by atoms with E-state index in [9.17, 15) is 5.11 Å². The molecule has 1 aromatic rings. The van der Waals surface area contributed by atoms with Gasteiger partial charge < -0.3 is 5.11 Å². The lowest BCUT2D eigenvalue weighted by molar-refractivity contribution is 0.108. The Bertz CT molecular complexity index is 406. The summed E-state index contributed by atoms with van der Waals surface area (Å²) in [7, 11) is 3.99. The van der Waals surface area contributed by atoms with E-state index in [0.717, 1.165) is 0 Å². The Balaban J connectivity index is 2.60. The van der Waals surface area contributed by atoms with Gasteiger partial charge in [0.15, 0.2) is 0 Å². The Kier molecular flexibility index (Phi) is 2.78. The van der Waals surface area contributed by atoms with E-state index in [4.69, 9.17) is 0 Å². The van der Waals surface area contributed by atoms with Crippen LogP contribution in [-0.2, 0) is 5.54 Å². The molecule has 3 heteroatoms. The molecule has 0 spiro atoms. The third-order valence-electron chi connectivity index (χ3n) is 2.93. The van der Waals surface area contributed by atoms with Crippen molar-refractivity contribution in [3.05, 3.63) is 40.1 Å². The lowest BCUT2D eigenvalue weighted by Crippen LogP contribution is -2.43. The molecule has 1 aromatic heterocycles. The normalized spacial score (nSPS) is 24.3. The Labute approximate surface area is 94.2 Å². The molecule has 15 heavy (non-hydrogen) atoms. The SMILES string of the molecule is CN(C)C1(CO)C=CC=Cc2sccc21. The van der Waals surface area contributed by atoms with Crippen LogP contribution in [0.3, 0.4) is 0 Å². The van der Waals surface area contributed by atoms with E-state index < -0.39 is 0 Å². The summed E-state index contributed by atoms with van der Waals surface area (Å²) < 4.78 is 0. The van der Waals surface area contributed by atoms with Gasteiger partial charge in [0.25, 0.3) is 0 Å². The average Bonchev–Trinajstić information content (AvgIpc) is 2.60. The summed E-state index contributed by atoms with van der Waals surface area (Å²) in [6.07, 6.45) is 8.18. The lowest BCUT2D eigenvalue weighted by Gasteiger charge is -2.35. The van der Waals surface area contributed by atoms with Gasteiger partial charge in [0.2, 0.25) is 0 Å². The molecule has 0 aromatic carbocycles. The van der Waals surface area contributed by atoms with Crippen LogP contribution in [0.5, 0.6) is 0 Å². The van der Waals surface area contributed by atoms with Gasteiger partial charge in [-0.05, 0) is 37.2 Å². The highest BCUT2D eigenvalue weighted by Crippen LogP contribution is 2.35. The maximum Gasteiger partial charge on any atom is 0.0892 e. The number of aliphatic hydroxyl groups excluding tert-OH is 1. The van der Waals surface area contributed by atoms with E-state index in [1.807, 2.05) is 26.2 Å². The summed E-state index contributed by atoms with van der Waals surface area (Å²) in [5, 5.41) is 11.8. The molecule has 1 N–H and O–H groups in total. The monoisotopic (exact) mass is 221 g/mol. The fourth-order valence-electron chi connectivity index (χ4n) is 1.92. The molecule has 0 bridgehead atoms. The molecule has 0 amide bonds. The molecule has 1 unspecified atom stereocenters. The first-order valence-corrected chi connectivity index (χ1v) is 5.81. The molecule has 80 valence electrons. The predicted molar refractivity (Wildman–Crippen MR) is 64.9 cm³/mol. The van der Waals surface area contributed by atoms with Gasteiger partial charge >= 0.3 is 0 Å². The minimum atomic E-state index is -0.376. The summed E-state index contributed by atoms with van der Waals surface area (Å²) in [4.78, 5) is 3.28. The zero-order chi connectivity index (χ0) is 10.9. The van der Waals surface area contributed by atoms with Crippen LogP contribution in [0.2, 0.25) is 0 Å². The predicted octanol–water partition coefficient (Wildman–Crippen LogP) is 2.08. The average molecular weight is 221 g/mol. The molecular weight excluding hydrogens is 206 g/mol. The Hall–Kier alpha value is -0.900. The third kappa shape index (κ3) is 1.57. The fraction of sp³-hybridized carbons (Fsp3) is 0.333. The number of likely N-dealkylation sites (N-methyl/N-ethyl adjacent to an activating group) is 1. The van der Waals surface area contributed by atoms with Gasteiger partial charge in [-0.3, -0.25) is 4.90 Å². The maximum atomic E-state index is 9.69. The fourth-order valence-corrected chi connectivity index (χ4v) is 2.80. The molecule has 0 aliphatic heterocycles. The quantitative estimate of drug-likeness (QED) is 0.826. The molecule has 0 saturated heterocycles. The van der Waals surface area contributed by atoms with Gasteiger partial charge in [0, 0.05) is 4.88 Å². The largest absolute Gasteiger partial charge is 0.394 e. The zero-order valence-corrected chi connectivity index (χ0v) is 9.79. The van der Waals surface area contributed by atoms with Crippen LogP contribution in [0.15, 0.2) is 29.7 Å². The summed E-state index contributed by atoms with van der Waals surface area (Å²) in [5.74, 6) is 0. The summed E-state index contributed by atoms with van der Waals surface area (Å²) in [5.41, 5.74) is 0.809. The molecule has 1 aliphatic carbocycles. The second-order valence-electron chi connectivity index (χ2n) is 3.89. The van der Waals surface area contributed by atoms with Crippen molar-refractivity contribution >= 4 is 17.4 Å². The number of thiophene rings is 1. The number of nitrogens with zero attached hydrogens (tertiary/aromatic N) is 1. The second kappa shape index (κ2) is 3.93. The summed E-state index contributed by atoms with van der Waals surface area (Å²) >= 11 is 1.71. The van der Waals surface area contributed by atoms with Gasteiger partial charge in [-0.2, -0.15) is 0 Å². The lowest BCUT2D eigenvalue weighted by atomic mass is 9.90. The molecule has 2 nitrogen and oxygen atoms in total. The highest BCUT2D eigenvalue weighted by molar-refractivity contribution is 7.11. The molecule has 2 rings (SSSR count). The van der Waals surface area contributed by atoms with Gasteiger partial charge in [0.05, 0.1) is 12.1 Å². The highest BCUT2D eigenvalue weighted by Gasteiger charge is 2.34. The van der Waals surface area contributed by atoms with Gasteiger partial charge in [-0.1, -0.05) is 18.2 Å². The van der Waals surface area contributed by atoms with Crippen molar-refractivity contribution in [2.75, 3.05) is 20.7 Å². The van der Waals surface area contributed by atoms with Crippen molar-refractivity contribution in [2.45, 2.75) is 5.54 Å². The Morgan fingerprint density at radius 3 is 2.87 bits per heavy atom. The first kappa shape index (κ1) is 10.6. The summed E-state index contributed by atoms with van der Waals surface area (Å²) in [6, 6.07) is 2.09. The van der Waals surface area contributed by atoms with Crippen LogP contribution < -0.4 is 0 Å². The van der Waals surface area contributed by atoms with Crippen LogP contribution in [-0.4, -0.2) is 30.7 Å². The Morgan fingerprint density at radius 1 is 1.40 bits per heavy atom. The number of fused-ring (bicyclic) bond motifs is 1. The zero-order valence-electron chi connectivity index (χ0n) is 8.97. The van der Waals surface area contributed by atoms with E-state index >= 15 is 0 Å². The van der Waals surface area contributed by atoms with Crippen molar-refractivity contribution in [2.24, 2.45) is 0 Å². The third-order valence-corrected chi connectivity index (χ3v) is 3.81. The smallest absolute Gasteiger partial charge is 0.0892 e. The van der Waals surface area contributed by atoms with Crippen LogP contribution in [0, 0.1) is 0 Å². The minimum absolute atomic E-state index is 0.0991. The van der Waals surface area contributed by atoms with Crippen molar-refractivity contribution in [1.82, 2.24) is 4.90 Å². The van der Waals surface area contributed by atoms with Gasteiger partial charge in [0.1, 0.15) is 0 Å². The first-order chi connectivity index (χ1) is 7.20. The first-order valence-electron chi connectivity index (χ1n) is 4.93. The number of allylic oxidation sites excluding steroid dienone is 2. The minimum Gasteiger partial charge on any atom is -0.394 e. The van der Waals surface area contributed by atoms with E-state index in [0.29, 0.717) is 0 Å². The van der Waals surface area contributed by atoms with Crippen molar-refractivity contribution < 1.29 is 5.11 Å². The number of hydrogen-bond donors (Lipinski definition) is 1. The molecule has 0 fully saturated rings. The van der Waals surface area contributed by atoms with E-state index in [-0.39, 0.29) is 12.1 Å². The van der Waals surface area contributed by atoms with Crippen molar-refractivity contribution in [3.63, 3.8) is 0 Å².